The molecule has 4 N–H and O–H groups in total. The molecule has 0 bridgehead atoms. The van der Waals surface area contributed by atoms with Crippen LogP contribution in [0.5, 0.6) is 0 Å². The molecule has 1 saturated carbocycles. The average molecular weight is 409 g/mol. The lowest BCUT2D eigenvalue weighted by Crippen LogP contribution is -2.88. The van der Waals surface area contributed by atoms with Crippen molar-refractivity contribution in [1.82, 2.24) is 5.32 Å². The Morgan fingerprint density at radius 2 is 1.60 bits per heavy atom. The fourth-order valence-corrected chi connectivity index (χ4v) is 3.61. The Morgan fingerprint density at radius 3 is 2.20 bits per heavy atom. The fraction of sp³-hybridized carbons (Fsp3) is 0.440. The Labute approximate surface area is 179 Å². The average Bonchev–Trinajstić information content (AvgIpc) is 3.52. The molecule has 30 heavy (non-hydrogen) atoms. The molecule has 1 aliphatic rings. The zero-order valence-electron chi connectivity index (χ0n) is 18.4. The van der Waals surface area contributed by atoms with Crippen LogP contribution in [0.2, 0.25) is 0 Å². The van der Waals surface area contributed by atoms with Crippen LogP contribution in [0.3, 0.4) is 0 Å². The van der Waals surface area contributed by atoms with Gasteiger partial charge in [0.2, 0.25) is 0 Å². The van der Waals surface area contributed by atoms with E-state index in [0.29, 0.717) is 29.6 Å². The molecule has 2 aromatic carbocycles. The molecular weight excluding hydrogens is 374 g/mol. The van der Waals surface area contributed by atoms with Gasteiger partial charge >= 0.3 is 0 Å². The Hall–Kier alpha value is -2.66. The van der Waals surface area contributed by atoms with Gasteiger partial charge in [-0.15, -0.1) is 0 Å². The van der Waals surface area contributed by atoms with Crippen LogP contribution in [-0.2, 0) is 4.79 Å². The van der Waals surface area contributed by atoms with Crippen LogP contribution in [0, 0.1) is 5.92 Å². The minimum atomic E-state index is -0.123. The molecule has 0 aliphatic heterocycles. The summed E-state index contributed by atoms with van der Waals surface area (Å²) >= 11 is 0. The van der Waals surface area contributed by atoms with Crippen LogP contribution in [0.25, 0.3) is 0 Å². The van der Waals surface area contributed by atoms with Crippen LogP contribution >= 0.6 is 0 Å². The second kappa shape index (κ2) is 9.90. The van der Waals surface area contributed by atoms with E-state index < -0.39 is 0 Å². The van der Waals surface area contributed by atoms with Gasteiger partial charge in [-0.05, 0) is 36.5 Å². The molecule has 1 fully saturated rings. The van der Waals surface area contributed by atoms with E-state index in [1.54, 1.807) is 12.1 Å². The molecule has 0 saturated heterocycles. The van der Waals surface area contributed by atoms with Gasteiger partial charge in [-0.25, -0.2) is 0 Å². The smallest absolute Gasteiger partial charge is 0.279 e. The molecule has 5 heteroatoms. The second-order valence-electron chi connectivity index (χ2n) is 8.87. The Morgan fingerprint density at radius 1 is 0.967 bits per heavy atom. The zero-order valence-corrected chi connectivity index (χ0v) is 18.4. The zero-order chi connectivity index (χ0) is 21.7. The minimum absolute atomic E-state index is 0.105. The predicted octanol–water partition coefficient (Wildman–Crippen LogP) is 3.60. The molecule has 2 amide bonds. The van der Waals surface area contributed by atoms with E-state index in [4.69, 9.17) is 0 Å². The van der Waals surface area contributed by atoms with Gasteiger partial charge in [0.1, 0.15) is 6.04 Å². The number of quaternary nitrogens is 1. The third-order valence-electron chi connectivity index (χ3n) is 5.62. The van der Waals surface area contributed by atoms with Gasteiger partial charge in [0, 0.05) is 17.5 Å². The molecule has 0 aromatic heterocycles. The summed E-state index contributed by atoms with van der Waals surface area (Å²) in [7, 11) is 0. The van der Waals surface area contributed by atoms with E-state index in [2.05, 4.69) is 67.9 Å². The molecule has 0 unspecified atom stereocenters. The Balaban J connectivity index is 1.62. The molecule has 0 radical (unpaired) electrons. The lowest BCUT2D eigenvalue weighted by molar-refractivity contribution is -0.692. The number of carbonyl (C=O) groups excluding carboxylic acids is 2. The lowest BCUT2D eigenvalue weighted by Gasteiger charge is -2.20. The summed E-state index contributed by atoms with van der Waals surface area (Å²) in [5.41, 5.74) is 3.63. The summed E-state index contributed by atoms with van der Waals surface area (Å²) in [6.07, 6.45) is 2.06. The van der Waals surface area contributed by atoms with Crippen LogP contribution in [0.4, 0.5) is 5.69 Å². The van der Waals surface area contributed by atoms with E-state index in [-0.39, 0.29) is 23.9 Å². The van der Waals surface area contributed by atoms with Gasteiger partial charge in [0.05, 0.1) is 11.3 Å². The number of hydrogen-bond donors (Lipinski definition) is 3. The van der Waals surface area contributed by atoms with Crippen molar-refractivity contribution in [3.8, 4) is 0 Å². The van der Waals surface area contributed by atoms with Crippen LogP contribution in [0.15, 0.2) is 48.5 Å². The topological polar surface area (TPSA) is 74.8 Å². The number of benzene rings is 2. The number of nitrogens with one attached hydrogen (secondary N) is 2. The highest BCUT2D eigenvalue weighted by Gasteiger charge is 2.25. The molecule has 160 valence electrons. The lowest BCUT2D eigenvalue weighted by atomic mass is 9.93. The fourth-order valence-electron chi connectivity index (χ4n) is 3.61. The quantitative estimate of drug-likeness (QED) is 0.593. The summed E-state index contributed by atoms with van der Waals surface area (Å²) < 4.78 is 0. The molecular formula is C25H34N3O2+. The van der Waals surface area contributed by atoms with Crippen molar-refractivity contribution >= 4 is 17.5 Å². The number of rotatable bonds is 9. The Kier molecular flexibility index (Phi) is 7.27. The van der Waals surface area contributed by atoms with Gasteiger partial charge in [-0.2, -0.15) is 0 Å². The van der Waals surface area contributed by atoms with E-state index >= 15 is 0 Å². The first-order chi connectivity index (χ1) is 14.3. The Bertz CT molecular complexity index is 870. The molecule has 1 aliphatic carbocycles. The SMILES string of the molecule is CC(C)c1ccc([C@@H]([NH2+]CC(=O)Nc2ccccc2C(=O)NC2CC2)C(C)C)cc1. The van der Waals surface area contributed by atoms with E-state index in [1.165, 1.54) is 11.1 Å². The van der Waals surface area contributed by atoms with Crippen molar-refractivity contribution in [3.63, 3.8) is 0 Å². The maximum atomic E-state index is 12.6. The number of amides is 2. The largest absolute Gasteiger partial charge is 0.349 e. The highest BCUT2D eigenvalue weighted by molar-refractivity contribution is 6.04. The maximum absolute atomic E-state index is 12.6. The van der Waals surface area contributed by atoms with Crippen LogP contribution in [-0.4, -0.2) is 24.4 Å². The van der Waals surface area contributed by atoms with E-state index in [9.17, 15) is 9.59 Å². The summed E-state index contributed by atoms with van der Waals surface area (Å²) in [5, 5.41) is 7.99. The molecule has 2 aromatic rings. The van der Waals surface area contributed by atoms with Crippen LogP contribution < -0.4 is 16.0 Å². The van der Waals surface area contributed by atoms with Crippen molar-refractivity contribution in [2.24, 2.45) is 5.92 Å². The van der Waals surface area contributed by atoms with Crippen molar-refractivity contribution in [2.75, 3.05) is 11.9 Å². The van der Waals surface area contributed by atoms with Crippen molar-refractivity contribution in [2.45, 2.75) is 58.5 Å². The van der Waals surface area contributed by atoms with Gasteiger partial charge in [0.25, 0.3) is 11.8 Å². The third kappa shape index (κ3) is 5.92. The first kappa shape index (κ1) is 22.0. The highest BCUT2D eigenvalue weighted by Crippen LogP contribution is 2.22. The minimum Gasteiger partial charge on any atom is -0.349 e. The standard InChI is InChI=1S/C25H33N3O2/c1-16(2)18-9-11-19(12-10-18)24(17(3)4)26-15-23(29)28-22-8-6-5-7-21(22)25(30)27-20-13-14-20/h5-12,16-17,20,24,26H,13-15H2,1-4H3,(H,27,30)(H,28,29)/p+1/t24-/m0/s1. The van der Waals surface area contributed by atoms with Crippen molar-refractivity contribution in [3.05, 3.63) is 65.2 Å². The first-order valence-corrected chi connectivity index (χ1v) is 11.0. The van der Waals surface area contributed by atoms with E-state index in [0.717, 1.165) is 12.8 Å². The van der Waals surface area contributed by atoms with Gasteiger partial charge in [0.15, 0.2) is 6.54 Å². The third-order valence-corrected chi connectivity index (χ3v) is 5.62. The summed E-state index contributed by atoms with van der Waals surface area (Å²) in [4.78, 5) is 25.1. The van der Waals surface area contributed by atoms with Gasteiger partial charge < -0.3 is 16.0 Å². The number of nitrogens with two attached hydrogens (primary N) is 1. The molecule has 0 heterocycles. The number of anilines is 1. The normalized spacial score (nSPS) is 14.6. The first-order valence-electron chi connectivity index (χ1n) is 11.0. The van der Waals surface area contributed by atoms with Crippen molar-refractivity contribution in [1.29, 1.82) is 0 Å². The summed E-state index contributed by atoms with van der Waals surface area (Å²) in [6, 6.07) is 16.4. The van der Waals surface area contributed by atoms with Crippen molar-refractivity contribution < 1.29 is 14.9 Å². The van der Waals surface area contributed by atoms with Gasteiger partial charge in [-0.1, -0.05) is 64.1 Å². The van der Waals surface area contributed by atoms with E-state index in [1.807, 2.05) is 12.1 Å². The number of hydrogen-bond acceptors (Lipinski definition) is 2. The van der Waals surface area contributed by atoms with Crippen LogP contribution in [0.1, 0.15) is 74.0 Å². The number of carbonyl (C=O) groups is 2. The number of para-hydroxylation sites is 1. The monoisotopic (exact) mass is 408 g/mol. The maximum Gasteiger partial charge on any atom is 0.279 e. The summed E-state index contributed by atoms with van der Waals surface area (Å²) in [6.45, 7) is 9.02. The molecule has 0 spiro atoms. The molecule has 3 rings (SSSR count). The highest BCUT2D eigenvalue weighted by atomic mass is 16.2. The van der Waals surface area contributed by atoms with Gasteiger partial charge in [-0.3, -0.25) is 9.59 Å². The molecule has 5 nitrogen and oxygen atoms in total. The second-order valence-corrected chi connectivity index (χ2v) is 8.87. The predicted molar refractivity (Wildman–Crippen MR) is 120 cm³/mol. The summed E-state index contributed by atoms with van der Waals surface area (Å²) in [5.74, 6) is 0.664. The molecule has 1 atom stereocenters.